The van der Waals surface area contributed by atoms with E-state index in [0.29, 0.717) is 12.6 Å². The maximum Gasteiger partial charge on any atom is 0.0606 e. The Hall–Kier alpha value is -0.580. The Balaban J connectivity index is 3.03. The Morgan fingerprint density at radius 3 is 2.60 bits per heavy atom. The van der Waals surface area contributed by atoms with Crippen LogP contribution in [-0.2, 0) is 0 Å². The van der Waals surface area contributed by atoms with Crippen molar-refractivity contribution in [2.45, 2.75) is 39.7 Å². The highest BCUT2D eigenvalue weighted by atomic mass is 79.9. The van der Waals surface area contributed by atoms with Crippen molar-refractivity contribution in [1.29, 1.82) is 0 Å². The van der Waals surface area contributed by atoms with Gasteiger partial charge in [-0.2, -0.15) is 0 Å². The summed E-state index contributed by atoms with van der Waals surface area (Å²) in [5, 5.41) is 12.8. The second-order valence-corrected chi connectivity index (χ2v) is 6.01. The van der Waals surface area contributed by atoms with E-state index in [9.17, 15) is 5.11 Å². The summed E-state index contributed by atoms with van der Waals surface area (Å²) in [5.41, 5.74) is 2.51. The highest BCUT2D eigenvalue weighted by Crippen LogP contribution is 2.30. The molecule has 0 aliphatic carbocycles. The average Bonchev–Trinajstić information content (AvgIpc) is 2.44. The SMILES string of the molecule is CCCNC(C)c1ccc(Br)cc1N(CCC)CCO. The third-order valence-electron chi connectivity index (χ3n) is 3.36. The molecule has 1 atom stereocenters. The molecule has 0 spiro atoms. The van der Waals surface area contributed by atoms with Crippen LogP contribution in [0.5, 0.6) is 0 Å². The van der Waals surface area contributed by atoms with Crippen LogP contribution in [0.2, 0.25) is 0 Å². The zero-order valence-corrected chi connectivity index (χ0v) is 14.4. The molecule has 0 saturated carbocycles. The number of aliphatic hydroxyl groups excluding tert-OH is 1. The van der Waals surface area contributed by atoms with Gasteiger partial charge in [-0.15, -0.1) is 0 Å². The van der Waals surface area contributed by atoms with Crippen LogP contribution in [0.15, 0.2) is 22.7 Å². The molecule has 0 fully saturated rings. The van der Waals surface area contributed by atoms with Crippen molar-refractivity contribution in [2.24, 2.45) is 0 Å². The smallest absolute Gasteiger partial charge is 0.0606 e. The first-order chi connectivity index (χ1) is 9.63. The van der Waals surface area contributed by atoms with E-state index in [1.54, 1.807) is 0 Å². The van der Waals surface area contributed by atoms with E-state index in [2.05, 4.69) is 65.1 Å². The lowest BCUT2D eigenvalue weighted by molar-refractivity contribution is 0.301. The molecule has 4 heteroatoms. The summed E-state index contributed by atoms with van der Waals surface area (Å²) in [6, 6.07) is 6.74. The molecule has 20 heavy (non-hydrogen) atoms. The Bertz CT molecular complexity index is 392. The summed E-state index contributed by atoms with van der Waals surface area (Å²) in [4.78, 5) is 2.27. The number of rotatable bonds is 9. The fraction of sp³-hybridized carbons (Fsp3) is 0.625. The molecule has 3 nitrogen and oxygen atoms in total. The first-order valence-corrected chi connectivity index (χ1v) is 8.31. The van der Waals surface area contributed by atoms with Crippen LogP contribution >= 0.6 is 15.9 Å². The van der Waals surface area contributed by atoms with E-state index in [4.69, 9.17) is 0 Å². The number of nitrogens with one attached hydrogen (secondary N) is 1. The third-order valence-corrected chi connectivity index (χ3v) is 3.86. The van der Waals surface area contributed by atoms with Gasteiger partial charge in [0.15, 0.2) is 0 Å². The molecule has 2 N–H and O–H groups in total. The van der Waals surface area contributed by atoms with Gasteiger partial charge in [-0.1, -0.05) is 35.8 Å². The van der Waals surface area contributed by atoms with Gasteiger partial charge in [-0.25, -0.2) is 0 Å². The fourth-order valence-corrected chi connectivity index (χ4v) is 2.72. The molecule has 1 unspecified atom stereocenters. The highest BCUT2D eigenvalue weighted by molar-refractivity contribution is 9.10. The molecule has 1 rings (SSSR count). The normalized spacial score (nSPS) is 12.4. The van der Waals surface area contributed by atoms with E-state index in [-0.39, 0.29) is 6.61 Å². The van der Waals surface area contributed by atoms with Gasteiger partial charge in [0, 0.05) is 29.3 Å². The summed E-state index contributed by atoms with van der Waals surface area (Å²) >= 11 is 3.56. The predicted octanol–water partition coefficient (Wildman–Crippen LogP) is 3.72. The van der Waals surface area contributed by atoms with Gasteiger partial charge in [0.1, 0.15) is 0 Å². The summed E-state index contributed by atoms with van der Waals surface area (Å²) < 4.78 is 1.08. The van der Waals surface area contributed by atoms with Crippen LogP contribution in [-0.4, -0.2) is 31.3 Å². The second-order valence-electron chi connectivity index (χ2n) is 5.09. The number of hydrogen-bond donors (Lipinski definition) is 2. The van der Waals surface area contributed by atoms with Crippen molar-refractivity contribution in [3.8, 4) is 0 Å². The number of aliphatic hydroxyl groups is 1. The van der Waals surface area contributed by atoms with Gasteiger partial charge in [0.25, 0.3) is 0 Å². The van der Waals surface area contributed by atoms with Gasteiger partial charge < -0.3 is 15.3 Å². The molecule has 0 aromatic heterocycles. The second kappa shape index (κ2) is 9.37. The Morgan fingerprint density at radius 2 is 2.00 bits per heavy atom. The molecule has 0 amide bonds. The van der Waals surface area contributed by atoms with Gasteiger partial charge in [-0.05, 0) is 44.0 Å². The number of anilines is 1. The Labute approximate surface area is 131 Å². The molecule has 1 aromatic carbocycles. The zero-order chi connectivity index (χ0) is 15.0. The largest absolute Gasteiger partial charge is 0.395 e. The van der Waals surface area contributed by atoms with Crippen LogP contribution in [0.4, 0.5) is 5.69 Å². The van der Waals surface area contributed by atoms with Crippen LogP contribution in [0.1, 0.15) is 45.2 Å². The first kappa shape index (κ1) is 17.5. The minimum atomic E-state index is 0.183. The minimum Gasteiger partial charge on any atom is -0.395 e. The molecule has 0 aliphatic heterocycles. The van der Waals surface area contributed by atoms with Crippen molar-refractivity contribution in [3.05, 3.63) is 28.2 Å². The number of hydrogen-bond acceptors (Lipinski definition) is 3. The minimum absolute atomic E-state index is 0.183. The number of nitrogens with zero attached hydrogens (tertiary/aromatic N) is 1. The van der Waals surface area contributed by atoms with Gasteiger partial charge in [-0.3, -0.25) is 0 Å². The zero-order valence-electron chi connectivity index (χ0n) is 12.8. The summed E-state index contributed by atoms with van der Waals surface area (Å²) in [7, 11) is 0. The molecule has 0 radical (unpaired) electrons. The van der Waals surface area contributed by atoms with Crippen molar-refractivity contribution in [2.75, 3.05) is 31.1 Å². The summed E-state index contributed by atoms with van der Waals surface area (Å²) in [5.74, 6) is 0. The van der Waals surface area contributed by atoms with Crippen LogP contribution in [0.25, 0.3) is 0 Å². The maximum atomic E-state index is 9.30. The lowest BCUT2D eigenvalue weighted by atomic mass is 10.0. The van der Waals surface area contributed by atoms with E-state index in [1.807, 2.05) is 0 Å². The van der Waals surface area contributed by atoms with E-state index >= 15 is 0 Å². The molecule has 0 aliphatic rings. The summed E-state index contributed by atoms with van der Waals surface area (Å²) in [6.07, 6.45) is 2.20. The monoisotopic (exact) mass is 342 g/mol. The van der Waals surface area contributed by atoms with Crippen LogP contribution in [0.3, 0.4) is 0 Å². The molecule has 0 saturated heterocycles. The lowest BCUT2D eigenvalue weighted by Crippen LogP contribution is -2.30. The third kappa shape index (κ3) is 5.08. The van der Waals surface area contributed by atoms with Crippen molar-refractivity contribution in [3.63, 3.8) is 0 Å². The van der Waals surface area contributed by atoms with Gasteiger partial charge in [0.2, 0.25) is 0 Å². The molecule has 0 bridgehead atoms. The average molecular weight is 343 g/mol. The van der Waals surface area contributed by atoms with E-state index < -0.39 is 0 Å². The fourth-order valence-electron chi connectivity index (χ4n) is 2.37. The standard InChI is InChI=1S/C16H27BrN2O/c1-4-8-18-13(3)15-7-6-14(17)12-16(15)19(9-5-2)10-11-20/h6-7,12-13,18,20H,4-5,8-11H2,1-3H3. The highest BCUT2D eigenvalue weighted by Gasteiger charge is 2.15. The Morgan fingerprint density at radius 1 is 1.25 bits per heavy atom. The number of halogens is 1. The van der Waals surface area contributed by atoms with Crippen LogP contribution < -0.4 is 10.2 Å². The van der Waals surface area contributed by atoms with Crippen molar-refractivity contribution in [1.82, 2.24) is 5.32 Å². The van der Waals surface area contributed by atoms with Crippen molar-refractivity contribution >= 4 is 21.6 Å². The number of benzene rings is 1. The van der Waals surface area contributed by atoms with E-state index in [1.165, 1.54) is 11.3 Å². The van der Waals surface area contributed by atoms with Crippen LogP contribution in [0, 0.1) is 0 Å². The van der Waals surface area contributed by atoms with Gasteiger partial charge in [0.05, 0.1) is 6.61 Å². The molecular weight excluding hydrogens is 316 g/mol. The maximum absolute atomic E-state index is 9.30. The molecule has 1 aromatic rings. The molecule has 0 heterocycles. The quantitative estimate of drug-likeness (QED) is 0.717. The molecular formula is C16H27BrN2O. The van der Waals surface area contributed by atoms with E-state index in [0.717, 1.165) is 30.4 Å². The predicted molar refractivity (Wildman–Crippen MR) is 90.4 cm³/mol. The molecule has 114 valence electrons. The first-order valence-electron chi connectivity index (χ1n) is 7.52. The Kier molecular flexibility index (Phi) is 8.19. The lowest BCUT2D eigenvalue weighted by Gasteiger charge is -2.28. The van der Waals surface area contributed by atoms with Crippen molar-refractivity contribution < 1.29 is 5.11 Å². The topological polar surface area (TPSA) is 35.5 Å². The summed E-state index contributed by atoms with van der Waals surface area (Å²) in [6.45, 7) is 9.39. The van der Waals surface area contributed by atoms with Gasteiger partial charge >= 0.3 is 0 Å².